The average molecular weight is 368 g/mol. The van der Waals surface area contributed by atoms with Gasteiger partial charge in [0.25, 0.3) is 0 Å². The number of nitrogens with zero attached hydrogens (tertiary/aromatic N) is 1. The van der Waals surface area contributed by atoms with E-state index >= 15 is 0 Å². The summed E-state index contributed by atoms with van der Waals surface area (Å²) in [5.74, 6) is 1.59. The summed E-state index contributed by atoms with van der Waals surface area (Å²) in [7, 11) is 3.32. The van der Waals surface area contributed by atoms with Gasteiger partial charge >= 0.3 is 0 Å². The number of likely N-dealkylation sites (tertiary alicyclic amines) is 1. The smallest absolute Gasteiger partial charge is 0.238 e. The van der Waals surface area contributed by atoms with E-state index in [0.717, 1.165) is 47.7 Å². The van der Waals surface area contributed by atoms with Crippen LogP contribution >= 0.6 is 0 Å². The molecule has 1 atom stereocenters. The third kappa shape index (κ3) is 4.42. The number of carbonyl (C=O) groups is 1. The number of benzene rings is 2. The van der Waals surface area contributed by atoms with E-state index in [1.807, 2.05) is 37.3 Å². The summed E-state index contributed by atoms with van der Waals surface area (Å²) in [5.41, 5.74) is 4.26. The maximum atomic E-state index is 12.6. The van der Waals surface area contributed by atoms with Crippen LogP contribution in [0.5, 0.6) is 11.5 Å². The van der Waals surface area contributed by atoms with Gasteiger partial charge in [-0.15, -0.1) is 0 Å². The highest BCUT2D eigenvalue weighted by molar-refractivity contribution is 5.93. The molecule has 1 heterocycles. The standard InChI is InChI=1S/C22H28N2O3/c1-15-7-10-19(16(2)12-15)23-22(25)14-24-11-5-6-20(24)18-9-8-17(26-3)13-21(18)27-4/h7-10,12-13,20H,5-6,11,14H2,1-4H3,(H,23,25)/t20-/m1/s1. The molecule has 0 bridgehead atoms. The van der Waals surface area contributed by atoms with E-state index in [4.69, 9.17) is 9.47 Å². The predicted octanol–water partition coefficient (Wildman–Crippen LogP) is 4.10. The zero-order chi connectivity index (χ0) is 19.4. The molecule has 1 fully saturated rings. The van der Waals surface area contributed by atoms with Crippen LogP contribution in [0, 0.1) is 13.8 Å². The van der Waals surface area contributed by atoms with Crippen molar-refractivity contribution in [2.75, 3.05) is 32.6 Å². The molecular weight excluding hydrogens is 340 g/mol. The topological polar surface area (TPSA) is 50.8 Å². The molecule has 1 aliphatic rings. The minimum absolute atomic E-state index is 0.0151. The Hall–Kier alpha value is -2.53. The predicted molar refractivity (Wildman–Crippen MR) is 108 cm³/mol. The second-order valence-corrected chi connectivity index (χ2v) is 7.10. The third-order valence-corrected chi connectivity index (χ3v) is 5.17. The Balaban J connectivity index is 1.72. The minimum Gasteiger partial charge on any atom is -0.497 e. The van der Waals surface area contributed by atoms with Crippen molar-refractivity contribution in [1.82, 2.24) is 4.90 Å². The van der Waals surface area contributed by atoms with Gasteiger partial charge in [-0.05, 0) is 50.9 Å². The van der Waals surface area contributed by atoms with Gasteiger partial charge in [-0.25, -0.2) is 0 Å². The van der Waals surface area contributed by atoms with Crippen LogP contribution in [0.25, 0.3) is 0 Å². The van der Waals surface area contributed by atoms with Crippen LogP contribution in [0.3, 0.4) is 0 Å². The van der Waals surface area contributed by atoms with Gasteiger partial charge in [0.15, 0.2) is 0 Å². The Morgan fingerprint density at radius 3 is 2.67 bits per heavy atom. The van der Waals surface area contributed by atoms with Crippen molar-refractivity contribution >= 4 is 11.6 Å². The molecule has 3 rings (SSSR count). The van der Waals surface area contributed by atoms with Gasteiger partial charge < -0.3 is 14.8 Å². The van der Waals surface area contributed by atoms with Gasteiger partial charge in [0.05, 0.1) is 20.8 Å². The van der Waals surface area contributed by atoms with E-state index in [-0.39, 0.29) is 11.9 Å². The highest BCUT2D eigenvalue weighted by Gasteiger charge is 2.30. The summed E-state index contributed by atoms with van der Waals surface area (Å²) in [4.78, 5) is 14.9. The number of hydrogen-bond donors (Lipinski definition) is 1. The van der Waals surface area contributed by atoms with Crippen LogP contribution in [-0.4, -0.2) is 38.1 Å². The molecule has 1 amide bonds. The number of anilines is 1. The summed E-state index contributed by atoms with van der Waals surface area (Å²) in [6.45, 7) is 5.34. The second-order valence-electron chi connectivity index (χ2n) is 7.10. The Kier molecular flexibility index (Phi) is 6.01. The van der Waals surface area contributed by atoms with Gasteiger partial charge in [0.1, 0.15) is 11.5 Å². The quantitative estimate of drug-likeness (QED) is 0.834. The molecule has 0 saturated carbocycles. The number of ether oxygens (including phenoxy) is 2. The summed E-state index contributed by atoms with van der Waals surface area (Å²) in [6, 6.07) is 12.1. The highest BCUT2D eigenvalue weighted by atomic mass is 16.5. The van der Waals surface area contributed by atoms with Crippen LogP contribution in [0.15, 0.2) is 36.4 Å². The normalized spacial score (nSPS) is 17.0. The lowest BCUT2D eigenvalue weighted by atomic mass is 10.0. The monoisotopic (exact) mass is 368 g/mol. The molecule has 0 spiro atoms. The summed E-state index contributed by atoms with van der Waals surface area (Å²) < 4.78 is 10.9. The first-order chi connectivity index (χ1) is 13.0. The molecule has 1 aliphatic heterocycles. The van der Waals surface area contributed by atoms with Crippen molar-refractivity contribution in [3.63, 3.8) is 0 Å². The lowest BCUT2D eigenvalue weighted by Gasteiger charge is -2.26. The van der Waals surface area contributed by atoms with Crippen molar-refractivity contribution in [3.05, 3.63) is 53.1 Å². The zero-order valence-electron chi connectivity index (χ0n) is 16.5. The zero-order valence-corrected chi connectivity index (χ0v) is 16.5. The first-order valence-corrected chi connectivity index (χ1v) is 9.35. The van der Waals surface area contributed by atoms with E-state index in [0.29, 0.717) is 6.54 Å². The fourth-order valence-corrected chi connectivity index (χ4v) is 3.79. The number of aryl methyl sites for hydroxylation is 2. The Bertz CT molecular complexity index is 819. The van der Waals surface area contributed by atoms with Crippen molar-refractivity contribution < 1.29 is 14.3 Å². The first kappa shape index (κ1) is 19.2. The first-order valence-electron chi connectivity index (χ1n) is 9.35. The van der Waals surface area contributed by atoms with Crippen LogP contribution in [0.1, 0.15) is 35.6 Å². The molecule has 2 aromatic rings. The molecule has 0 radical (unpaired) electrons. The number of hydrogen-bond acceptors (Lipinski definition) is 4. The van der Waals surface area contributed by atoms with Gasteiger partial charge in [-0.3, -0.25) is 9.69 Å². The highest BCUT2D eigenvalue weighted by Crippen LogP contribution is 2.38. The van der Waals surface area contributed by atoms with Crippen molar-refractivity contribution in [1.29, 1.82) is 0 Å². The van der Waals surface area contributed by atoms with Gasteiger partial charge in [-0.1, -0.05) is 23.8 Å². The van der Waals surface area contributed by atoms with E-state index in [1.165, 1.54) is 5.56 Å². The fraction of sp³-hybridized carbons (Fsp3) is 0.409. The molecule has 0 aromatic heterocycles. The fourth-order valence-electron chi connectivity index (χ4n) is 3.79. The number of amides is 1. The molecule has 2 aromatic carbocycles. The summed E-state index contributed by atoms with van der Waals surface area (Å²) in [5, 5.41) is 3.05. The van der Waals surface area contributed by atoms with Crippen molar-refractivity contribution in [2.45, 2.75) is 32.7 Å². The summed E-state index contributed by atoms with van der Waals surface area (Å²) >= 11 is 0. The maximum absolute atomic E-state index is 12.6. The van der Waals surface area contributed by atoms with Crippen molar-refractivity contribution in [2.24, 2.45) is 0 Å². The largest absolute Gasteiger partial charge is 0.497 e. The molecule has 27 heavy (non-hydrogen) atoms. The van der Waals surface area contributed by atoms with Gasteiger partial charge in [0.2, 0.25) is 5.91 Å². The van der Waals surface area contributed by atoms with Crippen LogP contribution in [0.2, 0.25) is 0 Å². The molecule has 5 heteroatoms. The second kappa shape index (κ2) is 8.44. The molecule has 5 nitrogen and oxygen atoms in total. The number of rotatable bonds is 6. The SMILES string of the molecule is COc1ccc([C@H]2CCCN2CC(=O)Nc2ccc(C)cc2C)c(OC)c1. The molecule has 1 N–H and O–H groups in total. The van der Waals surface area contributed by atoms with E-state index in [2.05, 4.69) is 23.2 Å². The van der Waals surface area contributed by atoms with Crippen LogP contribution in [-0.2, 0) is 4.79 Å². The molecule has 0 unspecified atom stereocenters. The number of carbonyl (C=O) groups excluding carboxylic acids is 1. The number of nitrogens with one attached hydrogen (secondary N) is 1. The number of methoxy groups -OCH3 is 2. The Labute approximate surface area is 161 Å². The third-order valence-electron chi connectivity index (χ3n) is 5.17. The van der Waals surface area contributed by atoms with E-state index < -0.39 is 0 Å². The Morgan fingerprint density at radius 2 is 1.96 bits per heavy atom. The molecule has 1 saturated heterocycles. The van der Waals surface area contributed by atoms with E-state index in [1.54, 1.807) is 14.2 Å². The lowest BCUT2D eigenvalue weighted by molar-refractivity contribution is -0.117. The van der Waals surface area contributed by atoms with E-state index in [9.17, 15) is 4.79 Å². The van der Waals surface area contributed by atoms with Crippen LogP contribution in [0.4, 0.5) is 5.69 Å². The lowest BCUT2D eigenvalue weighted by Crippen LogP contribution is -2.33. The Morgan fingerprint density at radius 1 is 1.15 bits per heavy atom. The average Bonchev–Trinajstić information content (AvgIpc) is 3.11. The minimum atomic E-state index is 0.0151. The van der Waals surface area contributed by atoms with Crippen LogP contribution < -0.4 is 14.8 Å². The van der Waals surface area contributed by atoms with Gasteiger partial charge in [0, 0.05) is 23.4 Å². The van der Waals surface area contributed by atoms with Gasteiger partial charge in [-0.2, -0.15) is 0 Å². The van der Waals surface area contributed by atoms with Crippen molar-refractivity contribution in [3.8, 4) is 11.5 Å². The maximum Gasteiger partial charge on any atom is 0.238 e. The summed E-state index contributed by atoms with van der Waals surface area (Å²) in [6.07, 6.45) is 2.08. The molecular formula is C22H28N2O3. The molecule has 144 valence electrons. The molecule has 0 aliphatic carbocycles.